The van der Waals surface area contributed by atoms with Crippen molar-refractivity contribution in [3.8, 4) is 0 Å². The van der Waals surface area contributed by atoms with Gasteiger partial charge in [0.15, 0.2) is 0 Å². The molecule has 6 atom stereocenters. The highest BCUT2D eigenvalue weighted by Crippen LogP contribution is 2.66. The number of anilines is 1. The zero-order valence-electron chi connectivity index (χ0n) is 20.5. The first kappa shape index (κ1) is 22.6. The Bertz CT molecular complexity index is 1150. The number of benzene rings is 1. The molecule has 2 fully saturated rings. The number of allylic oxidation sites excluding steroid dienone is 4. The fraction of sp³-hybridized carbons (Fsp3) is 0.500. The van der Waals surface area contributed by atoms with E-state index in [-0.39, 0.29) is 5.41 Å². The number of aromatic nitrogens is 2. The predicted octanol–water partition coefficient (Wildman–Crippen LogP) is 8.14. The summed E-state index contributed by atoms with van der Waals surface area (Å²) >= 11 is 2.47. The van der Waals surface area contributed by atoms with Gasteiger partial charge in [0.05, 0.1) is 12.0 Å². The first-order valence-electron chi connectivity index (χ1n) is 13.0. The number of para-hydroxylation sites is 1. The summed E-state index contributed by atoms with van der Waals surface area (Å²) in [6.45, 7) is 9.39. The quantitative estimate of drug-likeness (QED) is 0.276. The highest BCUT2D eigenvalue weighted by Gasteiger charge is 2.57. The van der Waals surface area contributed by atoms with Crippen LogP contribution in [0, 0.1) is 32.2 Å². The summed E-state index contributed by atoms with van der Waals surface area (Å²) in [5.74, 6) is 2.33. The zero-order valence-corrected chi connectivity index (χ0v) is 22.6. The zero-order chi connectivity index (χ0) is 23.5. The third kappa shape index (κ3) is 3.30. The predicted molar refractivity (Wildman–Crippen MR) is 148 cm³/mol. The lowest BCUT2D eigenvalue weighted by molar-refractivity contribution is -0.0208. The van der Waals surface area contributed by atoms with Crippen molar-refractivity contribution in [3.63, 3.8) is 0 Å². The number of hydrogen-bond donors (Lipinski definition) is 0. The second-order valence-corrected chi connectivity index (χ2v) is 12.6. The van der Waals surface area contributed by atoms with Crippen LogP contribution < -0.4 is 4.90 Å². The Morgan fingerprint density at radius 1 is 1.09 bits per heavy atom. The van der Waals surface area contributed by atoms with E-state index in [2.05, 4.69) is 100 Å². The van der Waals surface area contributed by atoms with Crippen LogP contribution in [0.4, 0.5) is 5.69 Å². The lowest BCUT2D eigenvalue weighted by Crippen LogP contribution is -2.50. The van der Waals surface area contributed by atoms with Crippen LogP contribution in [0.2, 0.25) is 0 Å². The molecule has 0 N–H and O–H groups in total. The van der Waals surface area contributed by atoms with Crippen LogP contribution >= 0.6 is 22.6 Å². The van der Waals surface area contributed by atoms with Gasteiger partial charge in [-0.05, 0) is 103 Å². The molecule has 2 saturated carbocycles. The molecule has 0 amide bonds. The number of rotatable bonds is 4. The molecular weight excluding hydrogens is 529 g/mol. The van der Waals surface area contributed by atoms with E-state index in [0.29, 0.717) is 11.5 Å². The van der Waals surface area contributed by atoms with E-state index in [0.717, 1.165) is 17.8 Å². The Morgan fingerprint density at radius 3 is 2.68 bits per heavy atom. The molecule has 3 unspecified atom stereocenters. The third-order valence-electron chi connectivity index (χ3n) is 10.1. The average Bonchev–Trinajstić information content (AvgIpc) is 3.49. The van der Waals surface area contributed by atoms with Gasteiger partial charge in [-0.1, -0.05) is 50.3 Å². The van der Waals surface area contributed by atoms with Crippen molar-refractivity contribution in [2.24, 2.45) is 28.6 Å². The molecule has 3 nitrogen and oxygen atoms in total. The lowest BCUT2D eigenvalue weighted by atomic mass is 9.47. The summed E-state index contributed by atoms with van der Waals surface area (Å²) in [5, 5.41) is 0. The Morgan fingerprint density at radius 2 is 1.91 bits per heavy atom. The first-order chi connectivity index (χ1) is 16.5. The molecule has 0 spiro atoms. The molecule has 1 heterocycles. The lowest BCUT2D eigenvalue weighted by Gasteiger charge is -2.58. The molecule has 178 valence electrons. The fourth-order valence-corrected chi connectivity index (χ4v) is 8.92. The Kier molecular flexibility index (Phi) is 5.58. The maximum absolute atomic E-state index is 4.31. The van der Waals surface area contributed by atoms with Crippen molar-refractivity contribution >= 4 is 28.3 Å². The largest absolute Gasteiger partial charge is 0.334 e. The standard InChI is InChI=1S/C30H36IN3/c1-4-34(27-8-6-5-7-26(27)31)28-12-11-24-23-10-9-21-19-22(33-18-17-32-20-33)13-15-29(21,2)25(23)14-16-30(24,28)3/h4-9,12,17-18,20,22-25H,1,10-11,13-16,19H2,2-3H3/t22-,23?,24?,25?,29-,30-/m0/s1. The molecule has 4 aliphatic carbocycles. The summed E-state index contributed by atoms with van der Waals surface area (Å²) in [7, 11) is 0. The minimum absolute atomic E-state index is 0.226. The number of fused-ring (bicyclic) bond motifs is 5. The molecule has 34 heavy (non-hydrogen) atoms. The minimum Gasteiger partial charge on any atom is -0.334 e. The third-order valence-corrected chi connectivity index (χ3v) is 11.0. The van der Waals surface area contributed by atoms with Gasteiger partial charge in [-0.15, -0.1) is 0 Å². The highest BCUT2D eigenvalue weighted by atomic mass is 127. The van der Waals surface area contributed by atoms with Gasteiger partial charge in [0.2, 0.25) is 0 Å². The fourth-order valence-electron chi connectivity index (χ4n) is 8.27. The van der Waals surface area contributed by atoms with Crippen LogP contribution in [0.1, 0.15) is 64.8 Å². The number of nitrogens with zero attached hydrogens (tertiary/aromatic N) is 3. The molecule has 4 heteroatoms. The van der Waals surface area contributed by atoms with E-state index in [1.54, 1.807) is 5.57 Å². The van der Waals surface area contributed by atoms with E-state index >= 15 is 0 Å². The van der Waals surface area contributed by atoms with Crippen LogP contribution in [-0.4, -0.2) is 9.55 Å². The Labute approximate surface area is 218 Å². The minimum atomic E-state index is 0.226. The summed E-state index contributed by atoms with van der Waals surface area (Å²) in [5.41, 5.74) is 5.09. The maximum atomic E-state index is 4.31. The molecule has 0 aliphatic heterocycles. The van der Waals surface area contributed by atoms with Crippen LogP contribution in [0.15, 0.2) is 79.2 Å². The van der Waals surface area contributed by atoms with E-state index in [1.165, 1.54) is 59.9 Å². The van der Waals surface area contributed by atoms with Crippen molar-refractivity contribution < 1.29 is 0 Å². The summed E-state index contributed by atoms with van der Waals surface area (Å²) in [6, 6.07) is 9.30. The molecule has 6 rings (SSSR count). The summed E-state index contributed by atoms with van der Waals surface area (Å²) in [4.78, 5) is 6.70. The molecular formula is C30H36IN3. The van der Waals surface area contributed by atoms with Crippen LogP contribution in [0.25, 0.3) is 0 Å². The van der Waals surface area contributed by atoms with Gasteiger partial charge in [0, 0.05) is 39.3 Å². The van der Waals surface area contributed by atoms with Crippen molar-refractivity contribution in [1.82, 2.24) is 9.55 Å². The molecule has 4 aliphatic rings. The van der Waals surface area contributed by atoms with E-state index in [1.807, 2.05) is 18.7 Å². The van der Waals surface area contributed by atoms with Gasteiger partial charge in [0.25, 0.3) is 0 Å². The SMILES string of the molecule is C=CN(C1=CCC2C3CC=C4C[C@@H](n5ccnc5)CC[C@]4(C)C3CC[C@]12C)c1ccccc1I. The van der Waals surface area contributed by atoms with E-state index in [4.69, 9.17) is 0 Å². The van der Waals surface area contributed by atoms with Crippen molar-refractivity contribution in [2.45, 2.75) is 64.8 Å². The number of halogens is 1. The van der Waals surface area contributed by atoms with Crippen molar-refractivity contribution in [3.05, 3.63) is 82.8 Å². The van der Waals surface area contributed by atoms with Gasteiger partial charge < -0.3 is 9.47 Å². The average molecular weight is 566 g/mol. The maximum Gasteiger partial charge on any atom is 0.0948 e. The molecule has 2 aromatic rings. The smallest absolute Gasteiger partial charge is 0.0948 e. The van der Waals surface area contributed by atoms with Gasteiger partial charge >= 0.3 is 0 Å². The topological polar surface area (TPSA) is 21.1 Å². The van der Waals surface area contributed by atoms with Crippen LogP contribution in [0.5, 0.6) is 0 Å². The van der Waals surface area contributed by atoms with Gasteiger partial charge in [0.1, 0.15) is 0 Å². The molecule has 1 aromatic carbocycles. The number of imidazole rings is 1. The van der Waals surface area contributed by atoms with Crippen LogP contribution in [0.3, 0.4) is 0 Å². The van der Waals surface area contributed by atoms with Gasteiger partial charge in [-0.2, -0.15) is 0 Å². The summed E-state index contributed by atoms with van der Waals surface area (Å²) < 4.78 is 3.63. The van der Waals surface area contributed by atoms with Crippen molar-refractivity contribution in [1.29, 1.82) is 0 Å². The van der Waals surface area contributed by atoms with Gasteiger partial charge in [-0.3, -0.25) is 0 Å². The second-order valence-electron chi connectivity index (χ2n) is 11.5. The first-order valence-corrected chi connectivity index (χ1v) is 14.1. The molecule has 0 radical (unpaired) electrons. The molecule has 0 saturated heterocycles. The highest BCUT2D eigenvalue weighted by molar-refractivity contribution is 14.1. The second kappa shape index (κ2) is 8.39. The normalized spacial score (nSPS) is 36.6. The van der Waals surface area contributed by atoms with Crippen LogP contribution in [-0.2, 0) is 0 Å². The van der Waals surface area contributed by atoms with E-state index < -0.39 is 0 Å². The Balaban J connectivity index is 1.28. The Hall–Kier alpha value is -1.82. The van der Waals surface area contributed by atoms with Gasteiger partial charge in [-0.25, -0.2) is 4.98 Å². The number of hydrogen-bond acceptors (Lipinski definition) is 2. The summed E-state index contributed by atoms with van der Waals surface area (Å²) in [6.07, 6.45) is 22.2. The van der Waals surface area contributed by atoms with E-state index in [9.17, 15) is 0 Å². The molecule has 0 bridgehead atoms. The molecule has 1 aromatic heterocycles. The van der Waals surface area contributed by atoms with Crippen molar-refractivity contribution in [2.75, 3.05) is 4.90 Å². The monoisotopic (exact) mass is 565 g/mol.